The lowest BCUT2D eigenvalue weighted by Gasteiger charge is -2.34. The summed E-state index contributed by atoms with van der Waals surface area (Å²) < 4.78 is 0. The average molecular weight is 251 g/mol. The summed E-state index contributed by atoms with van der Waals surface area (Å²) in [5.41, 5.74) is 0. The van der Waals surface area contributed by atoms with Crippen molar-refractivity contribution in [1.29, 1.82) is 0 Å². The molecule has 2 rings (SSSR count). The first-order valence-electron chi connectivity index (χ1n) is 7.89. The van der Waals surface area contributed by atoms with E-state index in [1.165, 1.54) is 44.9 Å². The van der Waals surface area contributed by atoms with Crippen LogP contribution >= 0.6 is 0 Å². The van der Waals surface area contributed by atoms with Crippen molar-refractivity contribution in [2.75, 3.05) is 13.6 Å². The predicted octanol–water partition coefficient (Wildman–Crippen LogP) is 3.65. The largest absolute Gasteiger partial charge is 0.298 e. The van der Waals surface area contributed by atoms with Crippen LogP contribution in [-0.4, -0.2) is 30.3 Å². The minimum absolute atomic E-state index is 0.377. The number of ketones is 1. The highest BCUT2D eigenvalue weighted by Gasteiger charge is 2.26. The summed E-state index contributed by atoms with van der Waals surface area (Å²) in [6.45, 7) is 3.05. The molecular weight excluding hydrogens is 222 g/mol. The molecule has 0 saturated heterocycles. The van der Waals surface area contributed by atoms with Gasteiger partial charge in [0.15, 0.2) is 0 Å². The second-order valence-corrected chi connectivity index (χ2v) is 6.64. The molecule has 2 aliphatic rings. The van der Waals surface area contributed by atoms with Crippen LogP contribution in [0.5, 0.6) is 0 Å². The Morgan fingerprint density at radius 1 is 1.06 bits per heavy atom. The monoisotopic (exact) mass is 251 g/mol. The Bertz CT molecular complexity index is 270. The number of carbonyl (C=O) groups excluding carboxylic acids is 1. The second kappa shape index (κ2) is 6.70. The first-order chi connectivity index (χ1) is 8.66. The van der Waals surface area contributed by atoms with E-state index in [0.717, 1.165) is 18.8 Å². The molecule has 2 fully saturated rings. The molecule has 2 heteroatoms. The van der Waals surface area contributed by atoms with Crippen LogP contribution in [-0.2, 0) is 4.79 Å². The number of Topliss-reactive ketones (excluding diaryl/α,β-unsaturated/α-hetero) is 1. The molecule has 2 aliphatic carbocycles. The Balaban J connectivity index is 1.78. The van der Waals surface area contributed by atoms with E-state index in [4.69, 9.17) is 0 Å². The number of hydrogen-bond acceptors (Lipinski definition) is 2. The van der Waals surface area contributed by atoms with Crippen molar-refractivity contribution in [3.05, 3.63) is 0 Å². The fraction of sp³-hybridized carbons (Fsp3) is 0.938. The topological polar surface area (TPSA) is 20.3 Å². The minimum Gasteiger partial charge on any atom is -0.298 e. The summed E-state index contributed by atoms with van der Waals surface area (Å²) in [6, 6.07) is 0.654. The van der Waals surface area contributed by atoms with Crippen molar-refractivity contribution < 1.29 is 4.79 Å². The third kappa shape index (κ3) is 3.81. The minimum atomic E-state index is 0.377. The normalized spacial score (nSPS) is 30.6. The van der Waals surface area contributed by atoms with Crippen LogP contribution in [0.4, 0.5) is 0 Å². The van der Waals surface area contributed by atoms with E-state index in [1.807, 2.05) is 0 Å². The Hall–Kier alpha value is -0.370. The SMILES string of the molecule is CC1CCCC(N(C)CC(=O)C2CCCCC2)C1. The lowest BCUT2D eigenvalue weighted by molar-refractivity contribution is -0.125. The molecule has 18 heavy (non-hydrogen) atoms. The fourth-order valence-corrected chi connectivity index (χ4v) is 3.73. The summed E-state index contributed by atoms with van der Waals surface area (Å²) in [4.78, 5) is 14.6. The molecule has 0 amide bonds. The van der Waals surface area contributed by atoms with E-state index in [9.17, 15) is 4.79 Å². The molecule has 0 aromatic heterocycles. The smallest absolute Gasteiger partial charge is 0.149 e. The van der Waals surface area contributed by atoms with Crippen molar-refractivity contribution in [3.63, 3.8) is 0 Å². The molecular formula is C16H29NO. The first-order valence-corrected chi connectivity index (χ1v) is 7.89. The highest BCUT2D eigenvalue weighted by molar-refractivity contribution is 5.83. The van der Waals surface area contributed by atoms with Crippen molar-refractivity contribution in [2.24, 2.45) is 11.8 Å². The number of likely N-dealkylation sites (N-methyl/N-ethyl adjacent to an activating group) is 1. The van der Waals surface area contributed by atoms with Gasteiger partial charge in [0.25, 0.3) is 0 Å². The molecule has 0 radical (unpaired) electrons. The molecule has 104 valence electrons. The fourth-order valence-electron chi connectivity index (χ4n) is 3.73. The molecule has 0 aromatic carbocycles. The summed E-state index contributed by atoms with van der Waals surface area (Å²) in [6.07, 6.45) is 11.4. The standard InChI is InChI=1S/C16H29NO/c1-13-7-6-10-15(11-13)17(2)12-16(18)14-8-4-3-5-9-14/h13-15H,3-12H2,1-2H3. The predicted molar refractivity (Wildman–Crippen MR) is 75.6 cm³/mol. The zero-order valence-corrected chi connectivity index (χ0v) is 12.2. The van der Waals surface area contributed by atoms with Gasteiger partial charge in [0, 0.05) is 12.0 Å². The van der Waals surface area contributed by atoms with Gasteiger partial charge < -0.3 is 0 Å². The number of carbonyl (C=O) groups is 1. The van der Waals surface area contributed by atoms with Crippen molar-refractivity contribution >= 4 is 5.78 Å². The first kappa shape index (κ1) is 14.0. The van der Waals surface area contributed by atoms with Gasteiger partial charge in [-0.3, -0.25) is 9.69 Å². The maximum atomic E-state index is 12.3. The summed E-state index contributed by atoms with van der Waals surface area (Å²) in [5.74, 6) is 1.73. The molecule has 0 N–H and O–H groups in total. The zero-order valence-electron chi connectivity index (χ0n) is 12.2. The van der Waals surface area contributed by atoms with Gasteiger partial charge in [-0.05, 0) is 38.6 Å². The Morgan fingerprint density at radius 3 is 2.44 bits per heavy atom. The zero-order chi connectivity index (χ0) is 13.0. The summed E-state index contributed by atoms with van der Waals surface area (Å²) in [7, 11) is 2.16. The van der Waals surface area contributed by atoms with Crippen molar-refractivity contribution in [2.45, 2.75) is 70.8 Å². The molecule has 0 aliphatic heterocycles. The molecule has 0 aromatic rings. The van der Waals surface area contributed by atoms with Crippen LogP contribution in [0, 0.1) is 11.8 Å². The van der Waals surface area contributed by atoms with E-state index >= 15 is 0 Å². The third-order valence-electron chi connectivity index (χ3n) is 5.00. The van der Waals surface area contributed by atoms with Crippen LogP contribution in [0.3, 0.4) is 0 Å². The van der Waals surface area contributed by atoms with Crippen LogP contribution in [0.15, 0.2) is 0 Å². The van der Waals surface area contributed by atoms with E-state index < -0.39 is 0 Å². The highest BCUT2D eigenvalue weighted by atomic mass is 16.1. The average Bonchev–Trinajstić information content (AvgIpc) is 2.39. The van der Waals surface area contributed by atoms with Crippen LogP contribution in [0.2, 0.25) is 0 Å². The van der Waals surface area contributed by atoms with E-state index in [-0.39, 0.29) is 0 Å². The number of hydrogen-bond donors (Lipinski definition) is 0. The molecule has 2 saturated carbocycles. The quantitative estimate of drug-likeness (QED) is 0.760. The number of nitrogens with zero attached hydrogens (tertiary/aromatic N) is 1. The van der Waals surface area contributed by atoms with Crippen LogP contribution in [0.1, 0.15) is 64.7 Å². The van der Waals surface area contributed by atoms with Crippen LogP contribution < -0.4 is 0 Å². The molecule has 2 atom stereocenters. The Labute approximate surface area is 112 Å². The van der Waals surface area contributed by atoms with Gasteiger partial charge in [0.05, 0.1) is 6.54 Å². The summed E-state index contributed by atoms with van der Waals surface area (Å²) in [5, 5.41) is 0. The molecule has 0 bridgehead atoms. The maximum absolute atomic E-state index is 12.3. The van der Waals surface area contributed by atoms with Gasteiger partial charge in [-0.15, -0.1) is 0 Å². The van der Waals surface area contributed by atoms with Gasteiger partial charge in [-0.1, -0.05) is 39.0 Å². The van der Waals surface area contributed by atoms with E-state index in [0.29, 0.717) is 24.3 Å². The van der Waals surface area contributed by atoms with Crippen LogP contribution in [0.25, 0.3) is 0 Å². The van der Waals surface area contributed by atoms with Gasteiger partial charge in [0.1, 0.15) is 5.78 Å². The van der Waals surface area contributed by atoms with Gasteiger partial charge in [-0.2, -0.15) is 0 Å². The highest BCUT2D eigenvalue weighted by Crippen LogP contribution is 2.28. The van der Waals surface area contributed by atoms with Crippen molar-refractivity contribution in [3.8, 4) is 0 Å². The van der Waals surface area contributed by atoms with Crippen molar-refractivity contribution in [1.82, 2.24) is 4.90 Å². The Morgan fingerprint density at radius 2 is 1.78 bits per heavy atom. The summed E-state index contributed by atoms with van der Waals surface area (Å²) >= 11 is 0. The van der Waals surface area contributed by atoms with Gasteiger partial charge in [0.2, 0.25) is 0 Å². The maximum Gasteiger partial charge on any atom is 0.149 e. The van der Waals surface area contributed by atoms with E-state index in [1.54, 1.807) is 0 Å². The van der Waals surface area contributed by atoms with Gasteiger partial charge in [-0.25, -0.2) is 0 Å². The molecule has 0 heterocycles. The molecule has 2 nitrogen and oxygen atoms in total. The second-order valence-electron chi connectivity index (χ2n) is 6.64. The third-order valence-corrected chi connectivity index (χ3v) is 5.00. The lowest BCUT2D eigenvalue weighted by Crippen LogP contribution is -2.40. The lowest BCUT2D eigenvalue weighted by atomic mass is 9.84. The Kier molecular flexibility index (Phi) is 5.23. The molecule has 2 unspecified atom stereocenters. The van der Waals surface area contributed by atoms with E-state index in [2.05, 4.69) is 18.9 Å². The molecule has 0 spiro atoms. The number of rotatable bonds is 4. The van der Waals surface area contributed by atoms with Gasteiger partial charge >= 0.3 is 0 Å².